The highest BCUT2D eigenvalue weighted by molar-refractivity contribution is 5.97. The van der Waals surface area contributed by atoms with E-state index < -0.39 is 17.6 Å². The van der Waals surface area contributed by atoms with Crippen LogP contribution < -0.4 is 5.32 Å². The van der Waals surface area contributed by atoms with Gasteiger partial charge in [-0.3, -0.25) is 4.79 Å². The molecule has 0 fully saturated rings. The van der Waals surface area contributed by atoms with Gasteiger partial charge in [-0.1, -0.05) is 18.2 Å². The number of carbonyl (C=O) groups is 1. The number of carbonyl (C=O) groups excluding carboxylic acids is 1. The van der Waals surface area contributed by atoms with Crippen molar-refractivity contribution in [3.8, 4) is 11.6 Å². The zero-order valence-electron chi connectivity index (χ0n) is 15.8. The van der Waals surface area contributed by atoms with Gasteiger partial charge < -0.3 is 9.73 Å². The van der Waals surface area contributed by atoms with Crippen LogP contribution in [0, 0.1) is 6.92 Å². The average Bonchev–Trinajstić information content (AvgIpc) is 3.15. The molecule has 4 rings (SSSR count). The zero-order chi connectivity index (χ0) is 21.3. The van der Waals surface area contributed by atoms with Gasteiger partial charge in [0.15, 0.2) is 5.58 Å². The maximum absolute atomic E-state index is 12.8. The van der Waals surface area contributed by atoms with E-state index in [0.717, 1.165) is 17.8 Å². The molecule has 0 bridgehead atoms. The molecular formula is C22H16F3N3O2. The van der Waals surface area contributed by atoms with Gasteiger partial charge >= 0.3 is 6.18 Å². The molecule has 2 aromatic heterocycles. The number of halogens is 3. The predicted octanol–water partition coefficient (Wildman–Crippen LogP) is 5.15. The van der Waals surface area contributed by atoms with Crippen molar-refractivity contribution in [2.45, 2.75) is 19.6 Å². The summed E-state index contributed by atoms with van der Waals surface area (Å²) in [4.78, 5) is 21.2. The first kappa shape index (κ1) is 19.6. The Balaban J connectivity index is 1.51. The van der Waals surface area contributed by atoms with Gasteiger partial charge in [0.25, 0.3) is 5.91 Å². The van der Waals surface area contributed by atoms with Crippen LogP contribution in [-0.2, 0) is 12.7 Å². The molecule has 4 aromatic rings. The lowest BCUT2D eigenvalue weighted by atomic mass is 10.1. The van der Waals surface area contributed by atoms with Crippen molar-refractivity contribution in [1.82, 2.24) is 15.3 Å². The molecule has 0 radical (unpaired) electrons. The van der Waals surface area contributed by atoms with E-state index in [0.29, 0.717) is 33.8 Å². The topological polar surface area (TPSA) is 68.0 Å². The molecule has 0 aliphatic carbocycles. The molecule has 5 nitrogen and oxygen atoms in total. The number of rotatable bonds is 4. The number of pyridine rings is 1. The second kappa shape index (κ2) is 7.62. The molecule has 2 heterocycles. The zero-order valence-corrected chi connectivity index (χ0v) is 15.8. The number of amides is 1. The summed E-state index contributed by atoms with van der Waals surface area (Å²) in [6, 6.07) is 15.1. The molecular weight excluding hydrogens is 395 g/mol. The molecule has 0 spiro atoms. The predicted molar refractivity (Wildman–Crippen MR) is 105 cm³/mol. The summed E-state index contributed by atoms with van der Waals surface area (Å²) >= 11 is 0. The van der Waals surface area contributed by atoms with E-state index in [4.69, 9.17) is 4.42 Å². The van der Waals surface area contributed by atoms with Crippen LogP contribution in [-0.4, -0.2) is 15.9 Å². The highest BCUT2D eigenvalue weighted by Gasteiger charge is 2.30. The Kier molecular flexibility index (Phi) is 4.99. The molecule has 0 saturated carbocycles. The van der Waals surface area contributed by atoms with E-state index in [2.05, 4.69) is 15.3 Å². The lowest BCUT2D eigenvalue weighted by molar-refractivity contribution is -0.137. The van der Waals surface area contributed by atoms with E-state index in [1.54, 1.807) is 24.3 Å². The first-order valence-corrected chi connectivity index (χ1v) is 9.08. The van der Waals surface area contributed by atoms with Crippen molar-refractivity contribution in [3.05, 3.63) is 83.0 Å². The number of aromatic nitrogens is 2. The van der Waals surface area contributed by atoms with Gasteiger partial charge in [-0.25, -0.2) is 9.97 Å². The van der Waals surface area contributed by atoms with Crippen LogP contribution in [0.5, 0.6) is 0 Å². The third kappa shape index (κ3) is 4.17. The Morgan fingerprint density at radius 1 is 1.03 bits per heavy atom. The standard InChI is InChI=1S/C22H16F3N3O2/c1-13-4-2-7-18(27-13)21-28-17-9-8-15(11-19(17)30-21)20(29)26-12-14-5-3-6-16(10-14)22(23,24)25/h2-11H,12H2,1H3,(H,26,29). The molecule has 1 amide bonds. The van der Waals surface area contributed by atoms with Crippen LogP contribution in [0.1, 0.15) is 27.2 Å². The maximum atomic E-state index is 12.8. The summed E-state index contributed by atoms with van der Waals surface area (Å²) in [6.07, 6.45) is -4.43. The van der Waals surface area contributed by atoms with Crippen LogP contribution in [0.15, 0.2) is 65.1 Å². The summed E-state index contributed by atoms with van der Waals surface area (Å²) < 4.78 is 44.2. The highest BCUT2D eigenvalue weighted by Crippen LogP contribution is 2.29. The fourth-order valence-electron chi connectivity index (χ4n) is 2.98. The van der Waals surface area contributed by atoms with Crippen LogP contribution in [0.3, 0.4) is 0 Å². The van der Waals surface area contributed by atoms with Crippen molar-refractivity contribution in [3.63, 3.8) is 0 Å². The summed E-state index contributed by atoms with van der Waals surface area (Å²) in [5, 5.41) is 2.62. The first-order valence-electron chi connectivity index (χ1n) is 9.08. The normalized spacial score (nSPS) is 11.6. The number of oxazole rings is 1. The summed E-state index contributed by atoms with van der Waals surface area (Å²) in [7, 11) is 0. The maximum Gasteiger partial charge on any atom is 0.416 e. The monoisotopic (exact) mass is 411 g/mol. The van der Waals surface area contributed by atoms with Gasteiger partial charge in [-0.15, -0.1) is 0 Å². The summed E-state index contributed by atoms with van der Waals surface area (Å²) in [6.45, 7) is 1.83. The number of hydrogen-bond donors (Lipinski definition) is 1. The average molecular weight is 411 g/mol. The molecule has 30 heavy (non-hydrogen) atoms. The summed E-state index contributed by atoms with van der Waals surface area (Å²) in [5.74, 6) is -0.0869. The lowest BCUT2D eigenvalue weighted by Gasteiger charge is -2.09. The molecule has 0 aliphatic rings. The molecule has 152 valence electrons. The Hall–Kier alpha value is -3.68. The quantitative estimate of drug-likeness (QED) is 0.505. The number of nitrogens with one attached hydrogen (secondary N) is 1. The molecule has 0 unspecified atom stereocenters. The summed E-state index contributed by atoms with van der Waals surface area (Å²) in [5.41, 5.74) is 2.31. The fraction of sp³-hybridized carbons (Fsp3) is 0.136. The Morgan fingerprint density at radius 2 is 1.83 bits per heavy atom. The van der Waals surface area contributed by atoms with Gasteiger partial charge in [-0.2, -0.15) is 13.2 Å². The minimum absolute atomic E-state index is 0.0321. The highest BCUT2D eigenvalue weighted by atomic mass is 19.4. The SMILES string of the molecule is Cc1cccc(-c2nc3ccc(C(=O)NCc4cccc(C(F)(F)F)c4)cc3o2)n1. The van der Waals surface area contributed by atoms with Crippen molar-refractivity contribution in [2.75, 3.05) is 0 Å². The van der Waals surface area contributed by atoms with E-state index >= 15 is 0 Å². The van der Waals surface area contributed by atoms with Gasteiger partial charge in [0.05, 0.1) is 5.56 Å². The number of benzene rings is 2. The second-order valence-corrected chi connectivity index (χ2v) is 6.75. The lowest BCUT2D eigenvalue weighted by Crippen LogP contribution is -2.23. The molecule has 1 N–H and O–H groups in total. The minimum Gasteiger partial charge on any atom is -0.435 e. The molecule has 8 heteroatoms. The van der Waals surface area contributed by atoms with Crippen LogP contribution >= 0.6 is 0 Å². The molecule has 2 aromatic carbocycles. The van der Waals surface area contributed by atoms with Crippen molar-refractivity contribution in [1.29, 1.82) is 0 Å². The minimum atomic E-state index is -4.43. The molecule has 0 aliphatic heterocycles. The number of alkyl halides is 3. The largest absolute Gasteiger partial charge is 0.435 e. The van der Waals surface area contributed by atoms with Crippen molar-refractivity contribution >= 4 is 17.0 Å². The smallest absolute Gasteiger partial charge is 0.416 e. The fourth-order valence-corrected chi connectivity index (χ4v) is 2.98. The van der Waals surface area contributed by atoms with E-state index in [-0.39, 0.29) is 6.54 Å². The number of hydrogen-bond acceptors (Lipinski definition) is 4. The number of fused-ring (bicyclic) bond motifs is 1. The molecule has 0 atom stereocenters. The Bertz CT molecular complexity index is 1230. The third-order valence-corrected chi connectivity index (χ3v) is 4.47. The molecule has 0 saturated heterocycles. The van der Waals surface area contributed by atoms with Gasteiger partial charge in [-0.05, 0) is 55.0 Å². The Labute approximate surface area is 169 Å². The van der Waals surface area contributed by atoms with Gasteiger partial charge in [0.2, 0.25) is 5.89 Å². The van der Waals surface area contributed by atoms with Gasteiger partial charge in [0, 0.05) is 17.8 Å². The van der Waals surface area contributed by atoms with Crippen LogP contribution in [0.4, 0.5) is 13.2 Å². The van der Waals surface area contributed by atoms with Crippen molar-refractivity contribution in [2.24, 2.45) is 0 Å². The second-order valence-electron chi connectivity index (χ2n) is 6.75. The van der Waals surface area contributed by atoms with Crippen LogP contribution in [0.2, 0.25) is 0 Å². The van der Waals surface area contributed by atoms with E-state index in [9.17, 15) is 18.0 Å². The van der Waals surface area contributed by atoms with Crippen molar-refractivity contribution < 1.29 is 22.4 Å². The Morgan fingerprint density at radius 3 is 2.60 bits per heavy atom. The van der Waals surface area contributed by atoms with E-state index in [1.165, 1.54) is 12.1 Å². The first-order chi connectivity index (χ1) is 14.3. The van der Waals surface area contributed by atoms with Gasteiger partial charge in [0.1, 0.15) is 11.2 Å². The number of aryl methyl sites for hydroxylation is 1. The third-order valence-electron chi connectivity index (χ3n) is 4.47. The van der Waals surface area contributed by atoms with E-state index in [1.807, 2.05) is 19.1 Å². The number of nitrogens with zero attached hydrogens (tertiary/aromatic N) is 2. The van der Waals surface area contributed by atoms with Crippen LogP contribution in [0.25, 0.3) is 22.7 Å².